The minimum absolute atomic E-state index is 0.656. The SMILES string of the molecule is CO/C=C/[C@H](C)CCCC(C)C. The van der Waals surface area contributed by atoms with Gasteiger partial charge in [-0.25, -0.2) is 0 Å². The first-order valence-corrected chi connectivity index (χ1v) is 4.86. The van der Waals surface area contributed by atoms with Crippen LogP contribution < -0.4 is 0 Å². The van der Waals surface area contributed by atoms with Crippen molar-refractivity contribution in [2.24, 2.45) is 11.8 Å². The van der Waals surface area contributed by atoms with E-state index >= 15 is 0 Å². The Kier molecular flexibility index (Phi) is 6.93. The van der Waals surface area contributed by atoms with Crippen LogP contribution in [0.25, 0.3) is 0 Å². The van der Waals surface area contributed by atoms with Crippen LogP contribution in [-0.4, -0.2) is 7.11 Å². The van der Waals surface area contributed by atoms with Gasteiger partial charge in [-0.15, -0.1) is 0 Å². The quantitative estimate of drug-likeness (QED) is 0.553. The fourth-order valence-electron chi connectivity index (χ4n) is 1.16. The third kappa shape index (κ3) is 7.64. The van der Waals surface area contributed by atoms with Crippen molar-refractivity contribution in [2.45, 2.75) is 40.0 Å². The number of methoxy groups -OCH3 is 1. The van der Waals surface area contributed by atoms with Gasteiger partial charge in [-0.2, -0.15) is 0 Å². The molecule has 0 aromatic carbocycles. The first-order valence-electron chi connectivity index (χ1n) is 4.86. The Labute approximate surface area is 76.8 Å². The molecule has 0 bridgehead atoms. The lowest BCUT2D eigenvalue weighted by Gasteiger charge is -2.07. The molecule has 0 saturated carbocycles. The average molecular weight is 170 g/mol. The lowest BCUT2D eigenvalue weighted by Crippen LogP contribution is -1.93. The Hall–Kier alpha value is -0.460. The molecule has 0 spiro atoms. The third-order valence-corrected chi connectivity index (χ3v) is 1.98. The van der Waals surface area contributed by atoms with Gasteiger partial charge in [0.25, 0.3) is 0 Å². The molecule has 0 amide bonds. The largest absolute Gasteiger partial charge is 0.505 e. The molecule has 0 heterocycles. The molecule has 72 valence electrons. The van der Waals surface area contributed by atoms with Crippen LogP contribution >= 0.6 is 0 Å². The Morgan fingerprint density at radius 3 is 2.33 bits per heavy atom. The maximum Gasteiger partial charge on any atom is 0.0787 e. The van der Waals surface area contributed by atoms with E-state index in [0.29, 0.717) is 5.92 Å². The van der Waals surface area contributed by atoms with Crippen LogP contribution in [0.2, 0.25) is 0 Å². The lowest BCUT2D eigenvalue weighted by atomic mass is 10.00. The van der Waals surface area contributed by atoms with E-state index in [1.54, 1.807) is 13.4 Å². The number of allylic oxidation sites excluding steroid dienone is 1. The molecule has 0 saturated heterocycles. The standard InChI is InChI=1S/C11H22O/c1-10(2)6-5-7-11(3)8-9-12-4/h8-11H,5-7H2,1-4H3/b9-8+/t11-/m1/s1. The fourth-order valence-corrected chi connectivity index (χ4v) is 1.16. The molecule has 1 atom stereocenters. The normalized spacial score (nSPS) is 14.1. The van der Waals surface area contributed by atoms with Crippen molar-refractivity contribution in [1.82, 2.24) is 0 Å². The highest BCUT2D eigenvalue weighted by atomic mass is 16.5. The summed E-state index contributed by atoms with van der Waals surface area (Å²) in [5.41, 5.74) is 0. The zero-order valence-electron chi connectivity index (χ0n) is 8.84. The molecular formula is C11H22O. The predicted octanol–water partition coefficient (Wildman–Crippen LogP) is 3.61. The summed E-state index contributed by atoms with van der Waals surface area (Å²) in [5.74, 6) is 1.49. The molecule has 0 N–H and O–H groups in total. The van der Waals surface area contributed by atoms with E-state index in [1.807, 2.05) is 0 Å². The van der Waals surface area contributed by atoms with Gasteiger partial charge in [-0.05, 0) is 24.3 Å². The van der Waals surface area contributed by atoms with Crippen LogP contribution in [0.5, 0.6) is 0 Å². The van der Waals surface area contributed by atoms with Crippen molar-refractivity contribution in [3.8, 4) is 0 Å². The van der Waals surface area contributed by atoms with Gasteiger partial charge in [0.2, 0.25) is 0 Å². The second kappa shape index (κ2) is 7.20. The zero-order valence-corrected chi connectivity index (χ0v) is 8.84. The molecule has 1 nitrogen and oxygen atoms in total. The number of ether oxygens (including phenoxy) is 1. The molecule has 0 aromatic rings. The maximum atomic E-state index is 4.86. The average Bonchev–Trinajstić information content (AvgIpc) is 2.00. The van der Waals surface area contributed by atoms with Crippen molar-refractivity contribution >= 4 is 0 Å². The Morgan fingerprint density at radius 2 is 1.83 bits per heavy atom. The third-order valence-electron chi connectivity index (χ3n) is 1.98. The van der Waals surface area contributed by atoms with Crippen LogP contribution in [0.4, 0.5) is 0 Å². The van der Waals surface area contributed by atoms with E-state index in [2.05, 4.69) is 26.8 Å². The maximum absolute atomic E-state index is 4.86. The first-order chi connectivity index (χ1) is 5.66. The predicted molar refractivity (Wildman–Crippen MR) is 54.0 cm³/mol. The second-order valence-electron chi connectivity index (χ2n) is 3.87. The molecule has 0 aliphatic heterocycles. The van der Waals surface area contributed by atoms with Gasteiger partial charge in [0.05, 0.1) is 13.4 Å². The van der Waals surface area contributed by atoms with Gasteiger partial charge in [0.1, 0.15) is 0 Å². The molecule has 0 rings (SSSR count). The van der Waals surface area contributed by atoms with Crippen molar-refractivity contribution in [3.63, 3.8) is 0 Å². The summed E-state index contributed by atoms with van der Waals surface area (Å²) >= 11 is 0. The van der Waals surface area contributed by atoms with Crippen LogP contribution in [-0.2, 0) is 4.74 Å². The molecule has 0 aliphatic carbocycles. The molecule has 0 aliphatic rings. The molecule has 0 fully saturated rings. The Balaban J connectivity index is 3.31. The number of rotatable bonds is 6. The van der Waals surface area contributed by atoms with E-state index in [-0.39, 0.29) is 0 Å². The van der Waals surface area contributed by atoms with Gasteiger partial charge < -0.3 is 4.74 Å². The first kappa shape index (κ1) is 11.5. The Morgan fingerprint density at radius 1 is 1.17 bits per heavy atom. The Bertz CT molecular complexity index is 116. The van der Waals surface area contributed by atoms with Crippen molar-refractivity contribution in [3.05, 3.63) is 12.3 Å². The van der Waals surface area contributed by atoms with Gasteiger partial charge in [-0.1, -0.05) is 33.6 Å². The van der Waals surface area contributed by atoms with Gasteiger partial charge in [0.15, 0.2) is 0 Å². The molecular weight excluding hydrogens is 148 g/mol. The molecule has 1 heteroatoms. The smallest absolute Gasteiger partial charge is 0.0787 e. The second-order valence-corrected chi connectivity index (χ2v) is 3.87. The summed E-state index contributed by atoms with van der Waals surface area (Å²) in [6, 6.07) is 0. The summed E-state index contributed by atoms with van der Waals surface area (Å²) < 4.78 is 4.86. The summed E-state index contributed by atoms with van der Waals surface area (Å²) in [6.45, 7) is 6.78. The van der Waals surface area contributed by atoms with Gasteiger partial charge in [-0.3, -0.25) is 0 Å². The number of hydrogen-bond donors (Lipinski definition) is 0. The topological polar surface area (TPSA) is 9.23 Å². The summed E-state index contributed by atoms with van der Waals surface area (Å²) in [5, 5.41) is 0. The lowest BCUT2D eigenvalue weighted by molar-refractivity contribution is 0.333. The van der Waals surface area contributed by atoms with Crippen LogP contribution in [0.3, 0.4) is 0 Å². The van der Waals surface area contributed by atoms with Crippen LogP contribution in [0.1, 0.15) is 40.0 Å². The monoisotopic (exact) mass is 170 g/mol. The minimum atomic E-state index is 0.656. The van der Waals surface area contributed by atoms with Gasteiger partial charge in [0, 0.05) is 0 Å². The molecule has 0 aromatic heterocycles. The summed E-state index contributed by atoms with van der Waals surface area (Å²) in [6.07, 6.45) is 7.84. The van der Waals surface area contributed by atoms with E-state index in [1.165, 1.54) is 19.3 Å². The van der Waals surface area contributed by atoms with Gasteiger partial charge >= 0.3 is 0 Å². The highest BCUT2D eigenvalue weighted by molar-refractivity contribution is 4.79. The highest BCUT2D eigenvalue weighted by Crippen LogP contribution is 2.12. The van der Waals surface area contributed by atoms with E-state index in [9.17, 15) is 0 Å². The van der Waals surface area contributed by atoms with Crippen LogP contribution in [0, 0.1) is 11.8 Å². The fraction of sp³-hybridized carbons (Fsp3) is 0.818. The van der Waals surface area contributed by atoms with Crippen molar-refractivity contribution in [2.75, 3.05) is 7.11 Å². The zero-order chi connectivity index (χ0) is 9.40. The van der Waals surface area contributed by atoms with Crippen molar-refractivity contribution in [1.29, 1.82) is 0 Å². The van der Waals surface area contributed by atoms with Crippen LogP contribution in [0.15, 0.2) is 12.3 Å². The summed E-state index contributed by atoms with van der Waals surface area (Å²) in [7, 11) is 1.69. The number of hydrogen-bond acceptors (Lipinski definition) is 1. The van der Waals surface area contributed by atoms with E-state index in [0.717, 1.165) is 5.92 Å². The minimum Gasteiger partial charge on any atom is -0.505 e. The van der Waals surface area contributed by atoms with E-state index < -0.39 is 0 Å². The molecule has 12 heavy (non-hydrogen) atoms. The van der Waals surface area contributed by atoms with E-state index in [4.69, 9.17) is 4.74 Å². The highest BCUT2D eigenvalue weighted by Gasteiger charge is 1.98. The summed E-state index contributed by atoms with van der Waals surface area (Å²) in [4.78, 5) is 0. The molecule has 0 radical (unpaired) electrons. The molecule has 0 unspecified atom stereocenters. The van der Waals surface area contributed by atoms with Crippen molar-refractivity contribution < 1.29 is 4.74 Å².